The molecule has 10 heteroatoms. The standard InChI is InChI=1S/C29H34N6O4/c1-20-24-14-15-26(36)34(23-12-10-22(11-13-23)28(37)30-17-7-19-35(2,3)38)27(24)33-29(32-20)31-18-16-21-8-5-6-9-25(21)39-4/h5-6,8-15H,7,16-19H2,1-4H3,(H,30,37)(H,31,32,33). The fourth-order valence-corrected chi connectivity index (χ4v) is 4.34. The van der Waals surface area contributed by atoms with Crippen LogP contribution >= 0.6 is 0 Å². The zero-order chi connectivity index (χ0) is 28.0. The van der Waals surface area contributed by atoms with E-state index in [4.69, 9.17) is 4.74 Å². The number of pyridine rings is 1. The molecule has 2 N–H and O–H groups in total. The van der Waals surface area contributed by atoms with Crippen LogP contribution in [-0.2, 0) is 6.42 Å². The first kappa shape index (κ1) is 27.7. The van der Waals surface area contributed by atoms with Crippen LogP contribution in [0.4, 0.5) is 5.95 Å². The number of amides is 1. The minimum atomic E-state index is -0.396. The van der Waals surface area contributed by atoms with Crippen LogP contribution in [0.15, 0.2) is 65.5 Å². The number of methoxy groups -OCH3 is 1. The number of benzene rings is 2. The van der Waals surface area contributed by atoms with E-state index >= 15 is 0 Å². The van der Waals surface area contributed by atoms with Gasteiger partial charge in [0.15, 0.2) is 5.65 Å². The summed E-state index contributed by atoms with van der Waals surface area (Å²) in [5, 5.41) is 18.5. The Bertz CT molecular complexity index is 1510. The van der Waals surface area contributed by atoms with Crippen molar-refractivity contribution in [2.45, 2.75) is 19.8 Å². The summed E-state index contributed by atoms with van der Waals surface area (Å²) in [5.74, 6) is 1.01. The molecule has 1 amide bonds. The van der Waals surface area contributed by atoms with Gasteiger partial charge in [-0.25, -0.2) is 4.98 Å². The molecule has 10 nitrogen and oxygen atoms in total. The molecule has 2 aromatic carbocycles. The van der Waals surface area contributed by atoms with Crippen LogP contribution in [0.5, 0.6) is 5.75 Å². The van der Waals surface area contributed by atoms with Gasteiger partial charge in [0.05, 0.1) is 39.1 Å². The summed E-state index contributed by atoms with van der Waals surface area (Å²) < 4.78 is 6.55. The number of rotatable bonds is 11. The Hall–Kier alpha value is -4.28. The molecule has 204 valence electrons. The predicted molar refractivity (Wildman–Crippen MR) is 152 cm³/mol. The SMILES string of the molecule is COc1ccccc1CCNc1nc(C)c2ccc(=O)n(-c3ccc(C(=O)NCCC[N+](C)(C)[O-])cc3)c2n1. The number of carbonyl (C=O) groups is 1. The molecule has 0 saturated heterocycles. The molecule has 4 rings (SSSR count). The molecule has 39 heavy (non-hydrogen) atoms. The second-order valence-corrected chi connectivity index (χ2v) is 9.82. The molecule has 0 saturated carbocycles. The molecule has 0 fully saturated rings. The Morgan fingerprint density at radius 2 is 1.77 bits per heavy atom. The summed E-state index contributed by atoms with van der Waals surface area (Å²) in [6.07, 6.45) is 1.30. The van der Waals surface area contributed by atoms with Crippen LogP contribution in [-0.4, -0.2) is 65.9 Å². The second kappa shape index (κ2) is 12.1. The lowest BCUT2D eigenvalue weighted by Crippen LogP contribution is -2.35. The van der Waals surface area contributed by atoms with Crippen molar-refractivity contribution in [3.05, 3.63) is 93.0 Å². The highest BCUT2D eigenvalue weighted by molar-refractivity contribution is 5.94. The van der Waals surface area contributed by atoms with Crippen LogP contribution in [0.2, 0.25) is 0 Å². The molecule has 0 radical (unpaired) electrons. The van der Waals surface area contributed by atoms with Crippen LogP contribution in [0.25, 0.3) is 16.7 Å². The summed E-state index contributed by atoms with van der Waals surface area (Å²) >= 11 is 0. The first-order chi connectivity index (χ1) is 18.7. The van der Waals surface area contributed by atoms with Crippen molar-refractivity contribution < 1.29 is 14.2 Å². The minimum Gasteiger partial charge on any atom is -0.633 e. The minimum absolute atomic E-state index is 0.234. The maximum atomic E-state index is 13.0. The molecule has 0 unspecified atom stereocenters. The van der Waals surface area contributed by atoms with Crippen molar-refractivity contribution in [3.8, 4) is 11.4 Å². The molecule has 0 atom stereocenters. The molecule has 0 bridgehead atoms. The lowest BCUT2D eigenvalue weighted by molar-refractivity contribution is -0.840. The molecular formula is C29H34N6O4. The molecule has 2 heterocycles. The topological polar surface area (TPSA) is 121 Å². The van der Waals surface area contributed by atoms with Gasteiger partial charge in [0, 0.05) is 36.5 Å². The average molecular weight is 531 g/mol. The third kappa shape index (κ3) is 6.98. The van der Waals surface area contributed by atoms with Gasteiger partial charge in [0.2, 0.25) is 5.95 Å². The number of fused-ring (bicyclic) bond motifs is 1. The number of hydroxylamine groups is 3. The average Bonchev–Trinajstić information content (AvgIpc) is 2.91. The number of ether oxygens (including phenoxy) is 1. The molecule has 2 aromatic heterocycles. The Balaban J connectivity index is 1.53. The summed E-state index contributed by atoms with van der Waals surface area (Å²) in [6.45, 7) is 3.29. The van der Waals surface area contributed by atoms with Crippen molar-refractivity contribution in [2.24, 2.45) is 0 Å². The van der Waals surface area contributed by atoms with E-state index in [1.807, 2.05) is 31.2 Å². The van der Waals surface area contributed by atoms with Gasteiger partial charge in [-0.1, -0.05) is 18.2 Å². The van der Waals surface area contributed by atoms with E-state index in [0.717, 1.165) is 22.4 Å². The Kier molecular flexibility index (Phi) is 8.58. The van der Waals surface area contributed by atoms with Crippen molar-refractivity contribution in [1.29, 1.82) is 0 Å². The number of quaternary nitrogens is 1. The fraction of sp³-hybridized carbons (Fsp3) is 0.310. The number of hydrogen-bond donors (Lipinski definition) is 2. The quantitative estimate of drug-likeness (QED) is 0.173. The number of anilines is 1. The molecule has 0 aliphatic rings. The molecule has 0 spiro atoms. The normalized spacial score (nSPS) is 11.4. The number of nitrogens with zero attached hydrogens (tertiary/aromatic N) is 4. The second-order valence-electron chi connectivity index (χ2n) is 9.82. The predicted octanol–water partition coefficient (Wildman–Crippen LogP) is 3.45. The number of carbonyl (C=O) groups excluding carboxylic acids is 1. The number of aromatic nitrogens is 3. The van der Waals surface area contributed by atoms with Crippen LogP contribution in [0, 0.1) is 12.1 Å². The van der Waals surface area contributed by atoms with E-state index in [-0.39, 0.29) is 11.5 Å². The van der Waals surface area contributed by atoms with Crippen molar-refractivity contribution in [2.75, 3.05) is 46.2 Å². The summed E-state index contributed by atoms with van der Waals surface area (Å²) in [6, 6.07) is 17.8. The number of hydrogen-bond acceptors (Lipinski definition) is 7. The Morgan fingerprint density at radius 3 is 2.49 bits per heavy atom. The van der Waals surface area contributed by atoms with E-state index < -0.39 is 4.65 Å². The zero-order valence-corrected chi connectivity index (χ0v) is 22.7. The maximum absolute atomic E-state index is 13.0. The number of para-hydroxylation sites is 1. The Morgan fingerprint density at radius 1 is 1.03 bits per heavy atom. The van der Waals surface area contributed by atoms with Gasteiger partial charge < -0.3 is 25.2 Å². The molecule has 0 aliphatic heterocycles. The van der Waals surface area contributed by atoms with E-state index in [1.54, 1.807) is 51.5 Å². The van der Waals surface area contributed by atoms with Gasteiger partial charge >= 0.3 is 0 Å². The first-order valence-corrected chi connectivity index (χ1v) is 12.8. The molecular weight excluding hydrogens is 496 g/mol. The molecule has 4 aromatic rings. The van der Waals surface area contributed by atoms with Gasteiger partial charge in [0.25, 0.3) is 11.5 Å². The van der Waals surface area contributed by atoms with E-state index in [9.17, 15) is 14.8 Å². The highest BCUT2D eigenvalue weighted by Crippen LogP contribution is 2.21. The van der Waals surface area contributed by atoms with E-state index in [0.29, 0.717) is 55.3 Å². The number of nitrogens with one attached hydrogen (secondary N) is 2. The zero-order valence-electron chi connectivity index (χ0n) is 22.7. The first-order valence-electron chi connectivity index (χ1n) is 12.8. The lowest BCUT2D eigenvalue weighted by Gasteiger charge is -2.33. The van der Waals surface area contributed by atoms with Gasteiger partial charge in [-0.2, -0.15) is 4.98 Å². The smallest absolute Gasteiger partial charge is 0.256 e. The van der Waals surface area contributed by atoms with Crippen LogP contribution < -0.4 is 20.9 Å². The molecule has 0 aliphatic carbocycles. The van der Waals surface area contributed by atoms with Gasteiger partial charge in [0.1, 0.15) is 5.75 Å². The van der Waals surface area contributed by atoms with Gasteiger partial charge in [-0.15, -0.1) is 0 Å². The summed E-state index contributed by atoms with van der Waals surface area (Å²) in [5.41, 5.74) is 3.10. The van der Waals surface area contributed by atoms with E-state index in [1.165, 1.54) is 10.6 Å². The fourth-order valence-electron chi connectivity index (χ4n) is 4.34. The Labute approximate surface area is 227 Å². The van der Waals surface area contributed by atoms with Gasteiger partial charge in [-0.05, 0) is 55.3 Å². The highest BCUT2D eigenvalue weighted by atomic mass is 16.5. The summed E-state index contributed by atoms with van der Waals surface area (Å²) in [4.78, 5) is 34.8. The number of aryl methyl sites for hydroxylation is 1. The third-order valence-electron chi connectivity index (χ3n) is 6.36. The third-order valence-corrected chi connectivity index (χ3v) is 6.36. The lowest BCUT2D eigenvalue weighted by atomic mass is 10.1. The van der Waals surface area contributed by atoms with Gasteiger partial charge in [-0.3, -0.25) is 14.2 Å². The van der Waals surface area contributed by atoms with Crippen molar-refractivity contribution >= 4 is 22.9 Å². The largest absolute Gasteiger partial charge is 0.633 e. The maximum Gasteiger partial charge on any atom is 0.256 e. The van der Waals surface area contributed by atoms with Crippen LogP contribution in [0.3, 0.4) is 0 Å². The summed E-state index contributed by atoms with van der Waals surface area (Å²) in [7, 11) is 4.80. The van der Waals surface area contributed by atoms with Crippen molar-refractivity contribution in [3.63, 3.8) is 0 Å². The highest BCUT2D eigenvalue weighted by Gasteiger charge is 2.13. The van der Waals surface area contributed by atoms with E-state index in [2.05, 4.69) is 20.6 Å². The van der Waals surface area contributed by atoms with Crippen molar-refractivity contribution in [1.82, 2.24) is 19.9 Å². The monoisotopic (exact) mass is 530 g/mol. The van der Waals surface area contributed by atoms with Crippen LogP contribution in [0.1, 0.15) is 28.0 Å².